The van der Waals surface area contributed by atoms with E-state index in [0.717, 1.165) is 41.4 Å². The van der Waals surface area contributed by atoms with E-state index in [1.54, 1.807) is 6.20 Å². The molecule has 2 unspecified atom stereocenters. The summed E-state index contributed by atoms with van der Waals surface area (Å²) in [5.41, 5.74) is 3.04. The fourth-order valence-corrected chi connectivity index (χ4v) is 4.21. The number of benzene rings is 2. The van der Waals surface area contributed by atoms with Crippen LogP contribution in [0.15, 0.2) is 60.8 Å². The summed E-state index contributed by atoms with van der Waals surface area (Å²) < 4.78 is 0. The van der Waals surface area contributed by atoms with E-state index in [0.29, 0.717) is 11.4 Å². The van der Waals surface area contributed by atoms with E-state index in [1.807, 2.05) is 48.5 Å². The van der Waals surface area contributed by atoms with Gasteiger partial charge in [0.25, 0.3) is 0 Å². The number of rotatable bonds is 4. The van der Waals surface area contributed by atoms with Crippen molar-refractivity contribution in [3.05, 3.63) is 76.9 Å². The molecule has 1 fully saturated rings. The first kappa shape index (κ1) is 18.0. The van der Waals surface area contributed by atoms with Gasteiger partial charge in [-0.2, -0.15) is 0 Å². The van der Waals surface area contributed by atoms with Gasteiger partial charge < -0.3 is 5.11 Å². The van der Waals surface area contributed by atoms with Crippen molar-refractivity contribution in [3.8, 4) is 0 Å². The Balaban J connectivity index is 1.90. The maximum atomic E-state index is 12.0. The molecule has 2 atom stereocenters. The van der Waals surface area contributed by atoms with Crippen molar-refractivity contribution >= 4 is 28.5 Å². The fraction of sp³-hybridized carbons (Fsp3) is 0.273. The number of piperidine rings is 1. The molecule has 2 aromatic carbocycles. The van der Waals surface area contributed by atoms with E-state index in [-0.39, 0.29) is 6.04 Å². The first-order chi connectivity index (χ1) is 13.1. The fourth-order valence-electron chi connectivity index (χ4n) is 4.08. The number of halogens is 1. The van der Waals surface area contributed by atoms with Gasteiger partial charge in [0.1, 0.15) is 6.04 Å². The molecule has 0 spiro atoms. The zero-order valence-electron chi connectivity index (χ0n) is 14.9. The first-order valence-corrected chi connectivity index (χ1v) is 9.60. The van der Waals surface area contributed by atoms with Crippen molar-refractivity contribution in [3.63, 3.8) is 0 Å². The highest BCUT2D eigenvalue weighted by Gasteiger charge is 2.35. The molecular formula is C22H21ClN2O2. The molecule has 2 heterocycles. The summed E-state index contributed by atoms with van der Waals surface area (Å²) in [6.45, 7) is 0.751. The van der Waals surface area contributed by atoms with E-state index in [9.17, 15) is 9.90 Å². The van der Waals surface area contributed by atoms with Crippen molar-refractivity contribution in [2.75, 3.05) is 6.54 Å². The highest BCUT2D eigenvalue weighted by Crippen LogP contribution is 2.37. The monoisotopic (exact) mass is 380 g/mol. The van der Waals surface area contributed by atoms with Gasteiger partial charge in [-0.05, 0) is 54.8 Å². The zero-order chi connectivity index (χ0) is 18.8. The first-order valence-electron chi connectivity index (χ1n) is 9.23. The Morgan fingerprint density at radius 3 is 2.67 bits per heavy atom. The highest BCUT2D eigenvalue weighted by molar-refractivity contribution is 6.30. The molecule has 0 amide bonds. The topological polar surface area (TPSA) is 53.4 Å². The highest BCUT2D eigenvalue weighted by atomic mass is 35.5. The molecule has 27 heavy (non-hydrogen) atoms. The van der Waals surface area contributed by atoms with Crippen molar-refractivity contribution in [1.82, 2.24) is 9.88 Å². The van der Waals surface area contributed by atoms with Gasteiger partial charge >= 0.3 is 5.97 Å². The van der Waals surface area contributed by atoms with Crippen LogP contribution in [0.25, 0.3) is 10.9 Å². The Labute approximate surface area is 163 Å². The molecule has 1 saturated heterocycles. The molecule has 0 saturated carbocycles. The third kappa shape index (κ3) is 3.55. The van der Waals surface area contributed by atoms with E-state index in [2.05, 4.69) is 16.0 Å². The number of fused-ring (bicyclic) bond motifs is 1. The predicted molar refractivity (Wildman–Crippen MR) is 107 cm³/mol. The lowest BCUT2D eigenvalue weighted by Crippen LogP contribution is -2.46. The van der Waals surface area contributed by atoms with Crippen molar-refractivity contribution < 1.29 is 9.90 Å². The average Bonchev–Trinajstić information content (AvgIpc) is 2.70. The van der Waals surface area contributed by atoms with Crippen molar-refractivity contribution in [1.29, 1.82) is 0 Å². The van der Waals surface area contributed by atoms with Crippen LogP contribution in [0, 0.1) is 0 Å². The number of hydrogen-bond acceptors (Lipinski definition) is 3. The van der Waals surface area contributed by atoms with Crippen LogP contribution in [-0.4, -0.2) is 33.5 Å². The van der Waals surface area contributed by atoms with Gasteiger partial charge in [0.2, 0.25) is 0 Å². The minimum atomic E-state index is -0.757. The minimum absolute atomic E-state index is 0.156. The Morgan fingerprint density at radius 1 is 1.11 bits per heavy atom. The Kier molecular flexibility index (Phi) is 5.10. The quantitative estimate of drug-likeness (QED) is 0.698. The number of pyridine rings is 1. The van der Waals surface area contributed by atoms with Gasteiger partial charge in [-0.15, -0.1) is 0 Å². The number of hydrogen-bond donors (Lipinski definition) is 1. The number of para-hydroxylation sites is 1. The van der Waals surface area contributed by atoms with Gasteiger partial charge in [0, 0.05) is 16.6 Å². The maximum Gasteiger partial charge on any atom is 0.320 e. The number of likely N-dealkylation sites (tertiary alicyclic amines) is 1. The molecule has 0 radical (unpaired) electrons. The van der Waals surface area contributed by atoms with E-state index in [4.69, 9.17) is 11.6 Å². The molecule has 3 aromatic rings. The average molecular weight is 381 g/mol. The van der Waals surface area contributed by atoms with Crippen LogP contribution in [0.1, 0.15) is 36.4 Å². The third-order valence-electron chi connectivity index (χ3n) is 5.32. The summed E-state index contributed by atoms with van der Waals surface area (Å²) >= 11 is 6.10. The number of aliphatic carboxylic acids is 1. The molecule has 0 aliphatic carbocycles. The largest absolute Gasteiger partial charge is 0.480 e. The van der Waals surface area contributed by atoms with E-state index < -0.39 is 12.0 Å². The molecular weight excluding hydrogens is 360 g/mol. The van der Waals surface area contributed by atoms with Gasteiger partial charge in [0.05, 0.1) is 11.6 Å². The normalized spacial score (nSPS) is 19.1. The van der Waals surface area contributed by atoms with Gasteiger partial charge in [-0.3, -0.25) is 14.7 Å². The molecule has 138 valence electrons. The lowest BCUT2D eigenvalue weighted by Gasteiger charge is -2.40. The van der Waals surface area contributed by atoms with Crippen LogP contribution in [0.5, 0.6) is 0 Å². The van der Waals surface area contributed by atoms with Gasteiger partial charge in [-0.25, -0.2) is 0 Å². The SMILES string of the molecule is O=C(O)C1CCCCN1C(c1ccc(Cl)cc1)c1ccnc2ccccc12. The summed E-state index contributed by atoms with van der Waals surface area (Å²) in [6.07, 6.45) is 4.41. The molecule has 4 nitrogen and oxygen atoms in total. The second kappa shape index (κ2) is 7.67. The Bertz CT molecular complexity index is 953. The summed E-state index contributed by atoms with van der Waals surface area (Å²) in [6, 6.07) is 17.1. The van der Waals surface area contributed by atoms with Crippen LogP contribution in [-0.2, 0) is 4.79 Å². The third-order valence-corrected chi connectivity index (χ3v) is 5.58. The number of carboxylic acid groups (broad SMARTS) is 1. The van der Waals surface area contributed by atoms with Crippen LogP contribution in [0.2, 0.25) is 5.02 Å². The number of aromatic nitrogens is 1. The van der Waals surface area contributed by atoms with Crippen LogP contribution >= 0.6 is 11.6 Å². The maximum absolute atomic E-state index is 12.0. The van der Waals surface area contributed by atoms with Crippen LogP contribution < -0.4 is 0 Å². The number of carboxylic acids is 1. The molecule has 0 bridgehead atoms. The number of carbonyl (C=O) groups is 1. The minimum Gasteiger partial charge on any atom is -0.480 e. The summed E-state index contributed by atoms with van der Waals surface area (Å²) in [5.74, 6) is -0.757. The molecule has 1 aliphatic heterocycles. The van der Waals surface area contributed by atoms with E-state index in [1.165, 1.54) is 0 Å². The van der Waals surface area contributed by atoms with Crippen molar-refractivity contribution in [2.24, 2.45) is 0 Å². The number of nitrogens with zero attached hydrogens (tertiary/aromatic N) is 2. The lowest BCUT2D eigenvalue weighted by atomic mass is 9.90. The predicted octanol–water partition coefficient (Wildman–Crippen LogP) is 4.92. The van der Waals surface area contributed by atoms with Gasteiger partial charge in [-0.1, -0.05) is 48.4 Å². The molecule has 4 rings (SSSR count). The Hall–Kier alpha value is -2.43. The summed E-state index contributed by atoms with van der Waals surface area (Å²) in [4.78, 5) is 18.6. The van der Waals surface area contributed by atoms with Crippen LogP contribution in [0.3, 0.4) is 0 Å². The smallest absolute Gasteiger partial charge is 0.320 e. The molecule has 1 aromatic heterocycles. The summed E-state index contributed by atoms with van der Waals surface area (Å²) in [5, 5.41) is 11.6. The van der Waals surface area contributed by atoms with Crippen molar-refractivity contribution in [2.45, 2.75) is 31.3 Å². The summed E-state index contributed by atoms with van der Waals surface area (Å²) in [7, 11) is 0. The second-order valence-corrected chi connectivity index (χ2v) is 7.40. The standard InChI is InChI=1S/C22H21ClN2O2/c23-16-10-8-15(9-11-16)21(25-14-4-3-7-20(25)22(26)27)18-12-13-24-19-6-2-1-5-17(18)19/h1-2,5-6,8-13,20-21H,3-4,7,14H2,(H,26,27). The molecule has 1 N–H and O–H groups in total. The molecule has 5 heteroatoms. The zero-order valence-corrected chi connectivity index (χ0v) is 15.6. The second-order valence-electron chi connectivity index (χ2n) is 6.96. The lowest BCUT2D eigenvalue weighted by molar-refractivity contribution is -0.145. The Morgan fingerprint density at radius 2 is 1.89 bits per heavy atom. The molecule has 1 aliphatic rings. The van der Waals surface area contributed by atoms with Gasteiger partial charge in [0.15, 0.2) is 0 Å². The van der Waals surface area contributed by atoms with Crippen LogP contribution in [0.4, 0.5) is 0 Å². The van der Waals surface area contributed by atoms with E-state index >= 15 is 0 Å².